The number of aryl methyl sites for hydroxylation is 1. The van der Waals surface area contributed by atoms with E-state index in [4.69, 9.17) is 13.9 Å². The third-order valence-corrected chi connectivity index (χ3v) is 6.29. The van der Waals surface area contributed by atoms with Crippen LogP contribution in [-0.2, 0) is 4.74 Å². The number of anilines is 1. The Labute approximate surface area is 189 Å². The fourth-order valence-corrected chi connectivity index (χ4v) is 4.46. The van der Waals surface area contributed by atoms with Crippen LogP contribution in [0, 0.1) is 12.8 Å². The molecule has 3 heterocycles. The van der Waals surface area contributed by atoms with E-state index in [-0.39, 0.29) is 12.1 Å². The van der Waals surface area contributed by atoms with Gasteiger partial charge in [-0.25, -0.2) is 4.79 Å². The van der Waals surface area contributed by atoms with E-state index in [0.717, 1.165) is 49.9 Å². The lowest BCUT2D eigenvalue weighted by molar-refractivity contribution is 0.0121. The predicted molar refractivity (Wildman–Crippen MR) is 123 cm³/mol. The van der Waals surface area contributed by atoms with Crippen molar-refractivity contribution in [2.24, 2.45) is 5.92 Å². The number of methoxy groups -OCH3 is 1. The molecule has 4 rings (SSSR count). The fraction of sp³-hybridized carbons (Fsp3) is 0.542. The Morgan fingerprint density at radius 1 is 1.19 bits per heavy atom. The van der Waals surface area contributed by atoms with Crippen LogP contribution in [0.2, 0.25) is 0 Å². The summed E-state index contributed by atoms with van der Waals surface area (Å²) in [5.41, 5.74) is 1.17. The maximum absolute atomic E-state index is 12.5. The van der Waals surface area contributed by atoms with Gasteiger partial charge in [0.1, 0.15) is 17.3 Å². The molecule has 174 valence electrons. The van der Waals surface area contributed by atoms with Crippen LogP contribution in [0.4, 0.5) is 10.5 Å². The summed E-state index contributed by atoms with van der Waals surface area (Å²) in [6.45, 7) is 8.07. The average molecular weight is 443 g/mol. The van der Waals surface area contributed by atoms with Crippen molar-refractivity contribution >= 4 is 11.7 Å². The Morgan fingerprint density at radius 2 is 2.03 bits per heavy atom. The van der Waals surface area contributed by atoms with Crippen LogP contribution in [0.25, 0.3) is 0 Å². The number of carbonyl (C=O) groups is 1. The van der Waals surface area contributed by atoms with Gasteiger partial charge in [-0.15, -0.1) is 0 Å². The molecule has 0 spiro atoms. The molecule has 32 heavy (non-hydrogen) atoms. The number of benzene rings is 1. The van der Waals surface area contributed by atoms with Crippen molar-refractivity contribution in [1.82, 2.24) is 15.5 Å². The SMILES string of the molecule is COc1cccc(N2CCC(CNC(=O)NCC(c3ccc(C)o3)N3CCOCC3)C2)c1. The van der Waals surface area contributed by atoms with Crippen LogP contribution >= 0.6 is 0 Å². The summed E-state index contributed by atoms with van der Waals surface area (Å²) < 4.78 is 16.7. The number of hydrogen-bond acceptors (Lipinski definition) is 6. The van der Waals surface area contributed by atoms with E-state index in [1.165, 1.54) is 5.69 Å². The summed E-state index contributed by atoms with van der Waals surface area (Å²) in [4.78, 5) is 17.2. The van der Waals surface area contributed by atoms with Gasteiger partial charge >= 0.3 is 6.03 Å². The van der Waals surface area contributed by atoms with E-state index in [0.29, 0.717) is 32.2 Å². The van der Waals surface area contributed by atoms with Crippen molar-refractivity contribution in [1.29, 1.82) is 0 Å². The van der Waals surface area contributed by atoms with Gasteiger partial charge in [0.25, 0.3) is 0 Å². The second-order valence-electron chi connectivity index (χ2n) is 8.51. The van der Waals surface area contributed by atoms with Crippen LogP contribution in [0.3, 0.4) is 0 Å². The number of hydrogen-bond donors (Lipinski definition) is 2. The quantitative estimate of drug-likeness (QED) is 0.655. The molecule has 2 fully saturated rings. The van der Waals surface area contributed by atoms with Gasteiger partial charge in [-0.1, -0.05) is 6.07 Å². The Morgan fingerprint density at radius 3 is 2.78 bits per heavy atom. The van der Waals surface area contributed by atoms with E-state index < -0.39 is 0 Å². The molecule has 2 aromatic rings. The maximum atomic E-state index is 12.5. The number of morpholine rings is 1. The first-order chi connectivity index (χ1) is 15.6. The second kappa shape index (κ2) is 10.7. The summed E-state index contributed by atoms with van der Waals surface area (Å²) in [6.07, 6.45) is 1.06. The third-order valence-electron chi connectivity index (χ3n) is 6.29. The van der Waals surface area contributed by atoms with Gasteiger partial charge in [0, 0.05) is 51.0 Å². The van der Waals surface area contributed by atoms with Crippen molar-refractivity contribution in [2.45, 2.75) is 19.4 Å². The summed E-state index contributed by atoms with van der Waals surface area (Å²) in [6, 6.07) is 12.0. The molecule has 1 aromatic heterocycles. The molecule has 2 aliphatic rings. The Balaban J connectivity index is 1.25. The van der Waals surface area contributed by atoms with Crippen molar-refractivity contribution < 1.29 is 18.7 Å². The van der Waals surface area contributed by atoms with E-state index in [9.17, 15) is 4.79 Å². The molecule has 0 bridgehead atoms. The molecule has 0 aliphatic carbocycles. The Kier molecular flexibility index (Phi) is 7.55. The van der Waals surface area contributed by atoms with Gasteiger partial charge in [0.2, 0.25) is 0 Å². The highest BCUT2D eigenvalue weighted by Crippen LogP contribution is 2.27. The number of furan rings is 1. The van der Waals surface area contributed by atoms with Crippen molar-refractivity contribution in [3.63, 3.8) is 0 Å². The minimum Gasteiger partial charge on any atom is -0.497 e. The van der Waals surface area contributed by atoms with Crippen LogP contribution in [0.15, 0.2) is 40.8 Å². The van der Waals surface area contributed by atoms with Gasteiger partial charge in [-0.05, 0) is 43.5 Å². The molecule has 2 unspecified atom stereocenters. The smallest absolute Gasteiger partial charge is 0.314 e. The van der Waals surface area contributed by atoms with Crippen molar-refractivity contribution in [3.05, 3.63) is 47.9 Å². The molecule has 2 aliphatic heterocycles. The average Bonchev–Trinajstić information content (AvgIpc) is 3.48. The zero-order valence-corrected chi connectivity index (χ0v) is 19.0. The first-order valence-corrected chi connectivity index (χ1v) is 11.4. The third kappa shape index (κ3) is 5.75. The highest BCUT2D eigenvalue weighted by molar-refractivity contribution is 5.73. The van der Waals surface area contributed by atoms with Gasteiger partial charge in [0.05, 0.1) is 26.4 Å². The number of nitrogens with zero attached hydrogens (tertiary/aromatic N) is 2. The van der Waals surface area contributed by atoms with Gasteiger partial charge < -0.3 is 29.4 Å². The molecular formula is C24H34N4O4. The zero-order valence-electron chi connectivity index (χ0n) is 19.0. The Bertz CT molecular complexity index is 880. The Hall–Kier alpha value is -2.71. The van der Waals surface area contributed by atoms with Gasteiger partial charge in [-0.3, -0.25) is 4.90 Å². The van der Waals surface area contributed by atoms with E-state index >= 15 is 0 Å². The first kappa shape index (κ1) is 22.5. The normalized spacial score (nSPS) is 20.2. The lowest BCUT2D eigenvalue weighted by atomic mass is 10.1. The number of rotatable bonds is 8. The highest BCUT2D eigenvalue weighted by atomic mass is 16.5. The molecule has 2 saturated heterocycles. The standard InChI is InChI=1S/C24H34N4O4/c1-18-6-7-23(32-18)22(27-10-12-31-13-11-27)16-26-24(29)25-15-19-8-9-28(17-19)20-4-3-5-21(14-20)30-2/h3-7,14,19,22H,8-13,15-17H2,1-2H3,(H2,25,26,29). The van der Waals surface area contributed by atoms with Crippen molar-refractivity contribution in [2.75, 3.05) is 64.5 Å². The molecule has 2 amide bonds. The predicted octanol–water partition coefficient (Wildman–Crippen LogP) is 2.80. The molecular weight excluding hydrogens is 408 g/mol. The molecule has 1 aromatic carbocycles. The van der Waals surface area contributed by atoms with E-state index in [1.54, 1.807) is 7.11 Å². The molecule has 0 radical (unpaired) electrons. The lowest BCUT2D eigenvalue weighted by Crippen LogP contribution is -2.46. The molecule has 0 saturated carbocycles. The summed E-state index contributed by atoms with van der Waals surface area (Å²) >= 11 is 0. The summed E-state index contributed by atoms with van der Waals surface area (Å²) in [5.74, 6) is 3.05. The topological polar surface area (TPSA) is 79.2 Å². The monoisotopic (exact) mass is 442 g/mol. The second-order valence-corrected chi connectivity index (χ2v) is 8.51. The highest BCUT2D eigenvalue weighted by Gasteiger charge is 2.26. The minimum absolute atomic E-state index is 0.00776. The lowest BCUT2D eigenvalue weighted by Gasteiger charge is -2.33. The first-order valence-electron chi connectivity index (χ1n) is 11.4. The largest absolute Gasteiger partial charge is 0.497 e. The summed E-state index contributed by atoms with van der Waals surface area (Å²) in [7, 11) is 1.69. The van der Waals surface area contributed by atoms with Crippen LogP contribution < -0.4 is 20.3 Å². The van der Waals surface area contributed by atoms with Crippen LogP contribution in [0.5, 0.6) is 5.75 Å². The number of nitrogens with one attached hydrogen (secondary N) is 2. The minimum atomic E-state index is -0.133. The number of carbonyl (C=O) groups excluding carboxylic acids is 1. The van der Waals surface area contributed by atoms with Gasteiger partial charge in [0.15, 0.2) is 0 Å². The molecule has 8 heteroatoms. The van der Waals surface area contributed by atoms with Crippen LogP contribution in [-0.4, -0.2) is 70.5 Å². The number of ether oxygens (including phenoxy) is 2. The molecule has 2 atom stereocenters. The summed E-state index contributed by atoms with van der Waals surface area (Å²) in [5, 5.41) is 6.11. The fourth-order valence-electron chi connectivity index (χ4n) is 4.46. The van der Waals surface area contributed by atoms with E-state index in [2.05, 4.69) is 32.6 Å². The molecule has 2 N–H and O–H groups in total. The number of amides is 2. The van der Waals surface area contributed by atoms with E-state index in [1.807, 2.05) is 31.2 Å². The van der Waals surface area contributed by atoms with Crippen LogP contribution in [0.1, 0.15) is 24.0 Å². The van der Waals surface area contributed by atoms with Crippen molar-refractivity contribution in [3.8, 4) is 5.75 Å². The zero-order chi connectivity index (χ0) is 22.3. The van der Waals surface area contributed by atoms with Gasteiger partial charge in [-0.2, -0.15) is 0 Å². The molecule has 8 nitrogen and oxygen atoms in total. The maximum Gasteiger partial charge on any atom is 0.314 e. The number of urea groups is 1.